The molecule has 4 nitrogen and oxygen atoms in total. The minimum atomic E-state index is 0.216. The van der Waals surface area contributed by atoms with Gasteiger partial charge in [-0.2, -0.15) is 0 Å². The smallest absolute Gasteiger partial charge is 0.227 e. The first kappa shape index (κ1) is 21.0. The first-order valence-corrected chi connectivity index (χ1v) is 9.84. The van der Waals surface area contributed by atoms with Crippen LogP contribution in [0.3, 0.4) is 0 Å². The molecule has 0 spiro atoms. The van der Waals surface area contributed by atoms with Crippen LogP contribution in [-0.4, -0.2) is 41.0 Å². The van der Waals surface area contributed by atoms with Crippen LogP contribution < -0.4 is 5.32 Å². The molecule has 0 aliphatic carbocycles. The zero-order chi connectivity index (χ0) is 17.8. The van der Waals surface area contributed by atoms with Crippen LogP contribution in [-0.2, 0) is 11.2 Å². The fourth-order valence-corrected chi connectivity index (χ4v) is 3.07. The fraction of sp³-hybridized carbons (Fsp3) is 0.632. The molecule has 0 radical (unpaired) electrons. The van der Waals surface area contributed by atoms with Gasteiger partial charge in [-0.1, -0.05) is 39.3 Å². The lowest BCUT2D eigenvalue weighted by molar-refractivity contribution is -0.133. The van der Waals surface area contributed by atoms with Gasteiger partial charge in [0.2, 0.25) is 5.91 Å². The topological polar surface area (TPSA) is 52.6 Å². The van der Waals surface area contributed by atoms with Gasteiger partial charge in [0, 0.05) is 29.5 Å². The number of carbonyl (C=O) groups is 1. The van der Waals surface area contributed by atoms with Crippen LogP contribution in [0.15, 0.2) is 29.2 Å². The maximum Gasteiger partial charge on any atom is 0.227 e. The number of nitrogens with one attached hydrogen (secondary N) is 1. The Kier molecular flexibility index (Phi) is 10.8. The Balaban J connectivity index is 0.000000891. The number of benzene rings is 1. The number of hydrogen-bond donors (Lipinski definition) is 2. The van der Waals surface area contributed by atoms with Gasteiger partial charge in [0.1, 0.15) is 0 Å². The molecule has 1 aliphatic rings. The third-order valence-electron chi connectivity index (χ3n) is 3.92. The molecule has 0 atom stereocenters. The zero-order valence-electron chi connectivity index (χ0n) is 15.3. The molecule has 1 fully saturated rings. The van der Waals surface area contributed by atoms with Crippen molar-refractivity contribution in [2.75, 3.05) is 19.6 Å². The molecule has 1 amide bonds. The van der Waals surface area contributed by atoms with Gasteiger partial charge in [-0.15, -0.1) is 0 Å². The maximum absolute atomic E-state index is 12.6. The van der Waals surface area contributed by atoms with Crippen LogP contribution in [0, 0.1) is 0 Å². The Morgan fingerprint density at radius 1 is 1.21 bits per heavy atom. The van der Waals surface area contributed by atoms with Crippen molar-refractivity contribution < 1.29 is 9.35 Å². The van der Waals surface area contributed by atoms with Gasteiger partial charge in [0.15, 0.2) is 0 Å². The average Bonchev–Trinajstić information content (AvgIpc) is 2.61. The third kappa shape index (κ3) is 7.24. The summed E-state index contributed by atoms with van der Waals surface area (Å²) in [5.74, 6) is 0.216. The van der Waals surface area contributed by atoms with Crippen molar-refractivity contribution in [3.8, 4) is 0 Å². The Morgan fingerprint density at radius 2 is 1.79 bits per heavy atom. The van der Waals surface area contributed by atoms with E-state index in [0.717, 1.165) is 61.4 Å². The number of rotatable bonds is 6. The normalized spacial score (nSPS) is 14.7. The van der Waals surface area contributed by atoms with Gasteiger partial charge in [-0.25, -0.2) is 0 Å². The molecule has 1 heterocycles. The number of piperidine rings is 1. The summed E-state index contributed by atoms with van der Waals surface area (Å²) in [7, 11) is 0. The molecule has 2 N–H and O–H groups in total. The second-order valence-electron chi connectivity index (χ2n) is 6.19. The summed E-state index contributed by atoms with van der Waals surface area (Å²) in [6.45, 7) is 9.21. The summed E-state index contributed by atoms with van der Waals surface area (Å²) in [5, 5.41) is 3.35. The first-order valence-electron chi connectivity index (χ1n) is 9.06. The van der Waals surface area contributed by atoms with Crippen molar-refractivity contribution in [3.63, 3.8) is 0 Å². The summed E-state index contributed by atoms with van der Waals surface area (Å²) in [6, 6.07) is 7.92. The van der Waals surface area contributed by atoms with Gasteiger partial charge >= 0.3 is 0 Å². The van der Waals surface area contributed by atoms with Gasteiger partial charge < -0.3 is 14.8 Å². The highest BCUT2D eigenvalue weighted by Gasteiger charge is 2.24. The Morgan fingerprint density at radius 3 is 2.29 bits per heavy atom. The van der Waals surface area contributed by atoms with Crippen molar-refractivity contribution in [2.45, 2.75) is 63.8 Å². The van der Waals surface area contributed by atoms with Gasteiger partial charge in [-0.05, 0) is 50.0 Å². The van der Waals surface area contributed by atoms with Crippen LogP contribution in [0.4, 0.5) is 0 Å². The number of amides is 1. The Hall–Kier alpha value is -1.04. The van der Waals surface area contributed by atoms with Crippen molar-refractivity contribution in [3.05, 3.63) is 29.8 Å². The van der Waals surface area contributed by atoms with E-state index in [0.29, 0.717) is 12.5 Å². The van der Waals surface area contributed by atoms with Crippen LogP contribution >= 0.6 is 12.0 Å². The summed E-state index contributed by atoms with van der Waals surface area (Å²) >= 11 is 0.731. The average molecular weight is 353 g/mol. The summed E-state index contributed by atoms with van der Waals surface area (Å²) < 4.78 is 8.97. The molecule has 1 saturated heterocycles. The lowest BCUT2D eigenvalue weighted by atomic mass is 10.0. The van der Waals surface area contributed by atoms with Gasteiger partial charge in [-0.3, -0.25) is 4.79 Å². The van der Waals surface area contributed by atoms with E-state index >= 15 is 0 Å². The molecule has 1 aromatic rings. The summed E-state index contributed by atoms with van der Waals surface area (Å²) in [6.07, 6.45) is 4.79. The monoisotopic (exact) mass is 352 g/mol. The summed E-state index contributed by atoms with van der Waals surface area (Å²) in [5.41, 5.74) is 1.01. The van der Waals surface area contributed by atoms with E-state index in [2.05, 4.69) is 31.0 Å². The van der Waals surface area contributed by atoms with Crippen molar-refractivity contribution >= 4 is 17.9 Å². The van der Waals surface area contributed by atoms with E-state index in [1.54, 1.807) is 0 Å². The van der Waals surface area contributed by atoms with E-state index in [1.807, 2.05) is 24.3 Å². The number of nitrogens with zero attached hydrogens (tertiary/aromatic N) is 1. The maximum atomic E-state index is 12.6. The molecule has 0 aromatic heterocycles. The fourth-order valence-electron chi connectivity index (χ4n) is 2.81. The summed E-state index contributed by atoms with van der Waals surface area (Å²) in [4.78, 5) is 15.5. The van der Waals surface area contributed by atoms with Crippen LogP contribution in [0.1, 0.15) is 52.0 Å². The van der Waals surface area contributed by atoms with E-state index < -0.39 is 0 Å². The molecule has 0 unspecified atom stereocenters. The molecule has 24 heavy (non-hydrogen) atoms. The predicted molar refractivity (Wildman–Crippen MR) is 102 cm³/mol. The molecular weight excluding hydrogens is 320 g/mol. The van der Waals surface area contributed by atoms with Crippen LogP contribution in [0.2, 0.25) is 0 Å². The Bertz CT molecular complexity index is 459. The van der Waals surface area contributed by atoms with Crippen molar-refractivity contribution in [2.24, 2.45) is 0 Å². The molecule has 5 heteroatoms. The lowest BCUT2D eigenvalue weighted by Crippen LogP contribution is -2.47. The second-order valence-corrected chi connectivity index (χ2v) is 6.84. The van der Waals surface area contributed by atoms with E-state index in [9.17, 15) is 4.79 Å². The van der Waals surface area contributed by atoms with Gasteiger partial charge in [0.05, 0.1) is 6.42 Å². The quantitative estimate of drug-likeness (QED) is 0.753. The molecule has 136 valence electrons. The first-order chi connectivity index (χ1) is 11.7. The van der Waals surface area contributed by atoms with Crippen molar-refractivity contribution in [1.29, 1.82) is 0 Å². The minimum Gasteiger partial charge on any atom is -0.339 e. The Labute approximate surface area is 151 Å². The highest BCUT2D eigenvalue weighted by molar-refractivity contribution is 7.93. The third-order valence-corrected chi connectivity index (χ3v) is 4.40. The van der Waals surface area contributed by atoms with Crippen LogP contribution in [0.5, 0.6) is 0 Å². The largest absolute Gasteiger partial charge is 0.339 e. The second kappa shape index (κ2) is 12.3. The molecule has 0 saturated carbocycles. The predicted octanol–water partition coefficient (Wildman–Crippen LogP) is 4.20. The van der Waals surface area contributed by atoms with E-state index in [-0.39, 0.29) is 5.91 Å². The number of carbonyl (C=O) groups excluding carboxylic acids is 1. The van der Waals surface area contributed by atoms with E-state index in [4.69, 9.17) is 4.55 Å². The van der Waals surface area contributed by atoms with Crippen molar-refractivity contribution in [1.82, 2.24) is 10.2 Å². The highest BCUT2D eigenvalue weighted by atomic mass is 32.2. The molecular formula is C19H32N2O2S. The number of hydrogen-bond acceptors (Lipinski definition) is 4. The van der Waals surface area contributed by atoms with Crippen LogP contribution in [0.25, 0.3) is 0 Å². The zero-order valence-corrected chi connectivity index (χ0v) is 16.1. The van der Waals surface area contributed by atoms with Gasteiger partial charge in [0.25, 0.3) is 0 Å². The standard InChI is InChI=1S/C16H24N2O2S.C3H8/c1-2-11-18(14-7-9-17-10-8-14)16(19)12-13-3-5-15(21-20)6-4-13;1-3-2/h3-6,14,17,20H,2,7-12H2,1H3;3H2,1-2H3. The lowest BCUT2D eigenvalue weighted by Gasteiger charge is -2.34. The SMILES string of the molecule is CCC.CCCN(C(=O)Cc1ccc(SO)cc1)C1CCNCC1. The molecule has 1 aliphatic heterocycles. The van der Waals surface area contributed by atoms with E-state index in [1.165, 1.54) is 6.42 Å². The molecule has 0 bridgehead atoms. The highest BCUT2D eigenvalue weighted by Crippen LogP contribution is 2.17. The minimum absolute atomic E-state index is 0.216. The molecule has 2 rings (SSSR count). The molecule has 1 aromatic carbocycles.